The van der Waals surface area contributed by atoms with Gasteiger partial charge in [0, 0.05) is 32.8 Å². The van der Waals surface area contributed by atoms with Crippen LogP contribution in [-0.4, -0.2) is 10.4 Å². The van der Waals surface area contributed by atoms with Gasteiger partial charge < -0.3 is 10.3 Å². The van der Waals surface area contributed by atoms with Crippen LogP contribution in [0.4, 0.5) is 0 Å². The molecular formula is C16H14IN5. The Hall–Kier alpha value is -2.22. The molecule has 3 rings (SSSR count). The number of aromatic nitrogens is 1. The minimum atomic E-state index is 0.252. The van der Waals surface area contributed by atoms with Crippen molar-refractivity contribution < 1.29 is 0 Å². The molecule has 6 heteroatoms. The maximum Gasteiger partial charge on any atom is 0.155 e. The molecule has 110 valence electrons. The normalized spacial score (nSPS) is 11.8. The number of nitrogens with one attached hydrogen (secondary N) is 1. The molecular weight excluding hydrogens is 389 g/mol. The Labute approximate surface area is 141 Å². The van der Waals surface area contributed by atoms with E-state index < -0.39 is 0 Å². The Bertz CT molecular complexity index is 866. The smallest absolute Gasteiger partial charge is 0.155 e. The van der Waals surface area contributed by atoms with Crippen molar-refractivity contribution in [3.05, 3.63) is 69.4 Å². The summed E-state index contributed by atoms with van der Waals surface area (Å²) >= 11 is 2.36. The molecule has 0 fully saturated rings. The van der Waals surface area contributed by atoms with E-state index in [0.29, 0.717) is 0 Å². The first-order chi connectivity index (χ1) is 10.7. The van der Waals surface area contributed by atoms with Gasteiger partial charge in [0.2, 0.25) is 0 Å². The number of nitrogens with zero attached hydrogens (tertiary/aromatic N) is 3. The number of amidine groups is 1. The summed E-state index contributed by atoms with van der Waals surface area (Å²) in [5, 5.41) is 7.63. The number of hydrogen-bond donors (Lipinski definition) is 2. The van der Waals surface area contributed by atoms with Crippen LogP contribution in [0.1, 0.15) is 11.1 Å². The molecule has 0 saturated heterocycles. The van der Waals surface area contributed by atoms with Gasteiger partial charge in [0.05, 0.1) is 0 Å². The average Bonchev–Trinajstić information content (AvgIpc) is 2.92. The number of rotatable bonds is 4. The molecule has 0 spiro atoms. The van der Waals surface area contributed by atoms with Crippen LogP contribution >= 0.6 is 22.6 Å². The van der Waals surface area contributed by atoms with E-state index in [-0.39, 0.29) is 5.84 Å². The van der Waals surface area contributed by atoms with Crippen molar-refractivity contribution in [1.29, 1.82) is 5.53 Å². The van der Waals surface area contributed by atoms with Crippen LogP contribution in [0.2, 0.25) is 0 Å². The SMILES string of the molecule is N=NN=C(N)c1ccc2c(ccn2Cc2ccccc2I)c1. The lowest BCUT2D eigenvalue weighted by Gasteiger charge is -2.08. The van der Waals surface area contributed by atoms with Crippen LogP contribution in [0.15, 0.2) is 65.1 Å². The molecule has 0 saturated carbocycles. The van der Waals surface area contributed by atoms with Gasteiger partial charge in [-0.25, -0.2) is 0 Å². The van der Waals surface area contributed by atoms with Gasteiger partial charge in [-0.2, -0.15) is 5.53 Å². The van der Waals surface area contributed by atoms with Gasteiger partial charge in [0.15, 0.2) is 5.84 Å². The molecule has 0 bridgehead atoms. The zero-order valence-corrected chi connectivity index (χ0v) is 13.9. The Morgan fingerprint density at radius 1 is 1.18 bits per heavy atom. The Morgan fingerprint density at radius 3 is 2.77 bits per heavy atom. The third-order valence-electron chi connectivity index (χ3n) is 3.52. The van der Waals surface area contributed by atoms with Gasteiger partial charge in [0.25, 0.3) is 0 Å². The van der Waals surface area contributed by atoms with E-state index in [9.17, 15) is 0 Å². The predicted molar refractivity (Wildman–Crippen MR) is 96.1 cm³/mol. The van der Waals surface area contributed by atoms with Crippen molar-refractivity contribution in [1.82, 2.24) is 4.57 Å². The Balaban J connectivity index is 1.98. The van der Waals surface area contributed by atoms with E-state index in [0.717, 1.165) is 23.0 Å². The number of hydrogen-bond acceptors (Lipinski definition) is 2. The van der Waals surface area contributed by atoms with Crippen molar-refractivity contribution in [2.75, 3.05) is 0 Å². The molecule has 0 amide bonds. The van der Waals surface area contributed by atoms with Gasteiger partial charge in [0.1, 0.15) is 0 Å². The average molecular weight is 403 g/mol. The number of fused-ring (bicyclic) bond motifs is 1. The van der Waals surface area contributed by atoms with Gasteiger partial charge in [-0.15, -0.1) is 5.10 Å². The van der Waals surface area contributed by atoms with Crippen molar-refractivity contribution in [3.8, 4) is 0 Å². The maximum atomic E-state index is 6.75. The summed E-state index contributed by atoms with van der Waals surface area (Å²) in [6.45, 7) is 0.827. The van der Waals surface area contributed by atoms with E-state index in [4.69, 9.17) is 11.3 Å². The summed E-state index contributed by atoms with van der Waals surface area (Å²) in [5.74, 6) is 0.252. The summed E-state index contributed by atoms with van der Waals surface area (Å²) in [7, 11) is 0. The van der Waals surface area contributed by atoms with E-state index in [1.165, 1.54) is 9.13 Å². The van der Waals surface area contributed by atoms with E-state index in [1.54, 1.807) is 0 Å². The number of halogens is 1. The van der Waals surface area contributed by atoms with Crippen LogP contribution in [-0.2, 0) is 6.54 Å². The molecule has 5 nitrogen and oxygen atoms in total. The highest BCUT2D eigenvalue weighted by molar-refractivity contribution is 14.1. The molecule has 0 radical (unpaired) electrons. The lowest BCUT2D eigenvalue weighted by Crippen LogP contribution is -2.12. The van der Waals surface area contributed by atoms with Crippen molar-refractivity contribution in [3.63, 3.8) is 0 Å². The van der Waals surface area contributed by atoms with Crippen LogP contribution in [0, 0.1) is 9.10 Å². The molecule has 0 unspecified atom stereocenters. The molecule has 3 N–H and O–H groups in total. The topological polar surface area (TPSA) is 79.5 Å². The number of nitrogens with two attached hydrogens (primary N) is 1. The summed E-state index contributed by atoms with van der Waals surface area (Å²) in [4.78, 5) is 0. The highest BCUT2D eigenvalue weighted by Gasteiger charge is 2.06. The van der Waals surface area contributed by atoms with Crippen LogP contribution in [0.5, 0.6) is 0 Å². The monoisotopic (exact) mass is 403 g/mol. The molecule has 3 aromatic rings. The Kier molecular flexibility index (Phi) is 4.19. The zero-order chi connectivity index (χ0) is 15.5. The molecule has 0 aliphatic carbocycles. The molecule has 0 aliphatic rings. The largest absolute Gasteiger partial charge is 0.382 e. The molecule has 1 aromatic heterocycles. The van der Waals surface area contributed by atoms with Crippen molar-refractivity contribution in [2.24, 2.45) is 16.1 Å². The van der Waals surface area contributed by atoms with Gasteiger partial charge in [-0.05, 0) is 58.5 Å². The quantitative estimate of drug-likeness (QED) is 0.224. The maximum absolute atomic E-state index is 6.75. The van der Waals surface area contributed by atoms with Gasteiger partial charge in [-0.3, -0.25) is 0 Å². The van der Waals surface area contributed by atoms with Crippen molar-refractivity contribution >= 4 is 39.3 Å². The van der Waals surface area contributed by atoms with Crippen LogP contribution in [0.25, 0.3) is 10.9 Å². The summed E-state index contributed by atoms with van der Waals surface area (Å²) in [6, 6.07) is 16.3. The van der Waals surface area contributed by atoms with Crippen molar-refractivity contribution in [2.45, 2.75) is 6.54 Å². The summed E-state index contributed by atoms with van der Waals surface area (Å²) < 4.78 is 3.46. The minimum Gasteiger partial charge on any atom is -0.382 e. The lowest BCUT2D eigenvalue weighted by atomic mass is 10.1. The van der Waals surface area contributed by atoms with Gasteiger partial charge >= 0.3 is 0 Å². The Morgan fingerprint density at radius 2 is 2.00 bits per heavy atom. The fourth-order valence-electron chi connectivity index (χ4n) is 2.42. The van der Waals surface area contributed by atoms with E-state index in [2.05, 4.69) is 67.9 Å². The highest BCUT2D eigenvalue weighted by Crippen LogP contribution is 2.21. The third kappa shape index (κ3) is 2.87. The first-order valence-corrected chi connectivity index (χ1v) is 7.79. The first kappa shape index (κ1) is 14.7. The fraction of sp³-hybridized carbons (Fsp3) is 0.0625. The lowest BCUT2D eigenvalue weighted by molar-refractivity contribution is 0.833. The molecule has 22 heavy (non-hydrogen) atoms. The van der Waals surface area contributed by atoms with Crippen LogP contribution < -0.4 is 5.73 Å². The second-order valence-corrected chi connectivity index (χ2v) is 6.06. The predicted octanol–water partition coefficient (Wildman–Crippen LogP) is 3.95. The second kappa shape index (κ2) is 6.27. The minimum absolute atomic E-state index is 0.252. The standard InChI is InChI=1S/C16H14IN5/c17-14-4-2-1-3-13(14)10-22-8-7-11-9-12(5-6-15(11)22)16(18)20-21-19/h1-9H,10H2,(H3,18,19,20). The fourth-order valence-corrected chi connectivity index (χ4v) is 2.98. The summed E-state index contributed by atoms with van der Waals surface area (Å²) in [6.07, 6.45) is 2.07. The molecule has 0 atom stereocenters. The van der Waals surface area contributed by atoms with Crippen LogP contribution in [0.3, 0.4) is 0 Å². The summed E-state index contributed by atoms with van der Waals surface area (Å²) in [5.41, 5.74) is 15.7. The zero-order valence-electron chi connectivity index (χ0n) is 11.7. The molecule has 1 heterocycles. The molecule has 0 aliphatic heterocycles. The molecule has 2 aromatic carbocycles. The van der Waals surface area contributed by atoms with E-state index >= 15 is 0 Å². The third-order valence-corrected chi connectivity index (χ3v) is 4.58. The number of benzene rings is 2. The highest BCUT2D eigenvalue weighted by atomic mass is 127. The van der Waals surface area contributed by atoms with Gasteiger partial charge in [-0.1, -0.05) is 23.4 Å². The second-order valence-electron chi connectivity index (χ2n) is 4.89. The van der Waals surface area contributed by atoms with E-state index in [1.807, 2.05) is 24.3 Å². The first-order valence-electron chi connectivity index (χ1n) is 6.71.